The van der Waals surface area contributed by atoms with Gasteiger partial charge in [0.25, 0.3) is 0 Å². The summed E-state index contributed by atoms with van der Waals surface area (Å²) in [6.45, 7) is 0.0802. The number of furan rings is 1. The predicted octanol–water partition coefficient (Wildman–Crippen LogP) is 2.16. The Morgan fingerprint density at radius 3 is 2.74 bits per heavy atom. The van der Waals surface area contributed by atoms with Crippen LogP contribution in [0, 0.1) is 0 Å². The molecule has 1 amide bonds. The molecule has 0 fully saturated rings. The summed E-state index contributed by atoms with van der Waals surface area (Å²) in [5.74, 6) is 1.36. The fourth-order valence-electron chi connectivity index (χ4n) is 1.98. The summed E-state index contributed by atoms with van der Waals surface area (Å²) in [6.07, 6.45) is 3.58. The highest BCUT2D eigenvalue weighted by Gasteiger charge is 2.12. The lowest BCUT2D eigenvalue weighted by Crippen LogP contribution is -2.26. The normalized spacial score (nSPS) is 12.1. The summed E-state index contributed by atoms with van der Waals surface area (Å²) < 4.78 is 15.4. The smallest absolute Gasteiger partial charge is 0.244 e. The van der Waals surface area contributed by atoms with Crippen LogP contribution in [0.15, 0.2) is 47.1 Å². The van der Waals surface area contributed by atoms with E-state index in [2.05, 4.69) is 5.32 Å². The Morgan fingerprint density at radius 2 is 2.09 bits per heavy atom. The van der Waals surface area contributed by atoms with Gasteiger partial charge in [0.1, 0.15) is 5.76 Å². The molecule has 0 saturated carbocycles. The van der Waals surface area contributed by atoms with E-state index in [9.17, 15) is 9.90 Å². The molecule has 0 aliphatic heterocycles. The lowest BCUT2D eigenvalue weighted by molar-refractivity contribution is -0.116. The van der Waals surface area contributed by atoms with E-state index in [1.165, 1.54) is 19.4 Å². The first kappa shape index (κ1) is 16.6. The molecule has 1 aromatic heterocycles. The summed E-state index contributed by atoms with van der Waals surface area (Å²) in [6, 6.07) is 8.57. The standard InChI is InChI=1S/C17H19NO5/c1-21-15-7-5-12(10-16(15)22-2)14(19)11-18-17(20)8-6-13-4-3-9-23-13/h3-10,14,19H,11H2,1-2H3,(H,18,20). The van der Waals surface area contributed by atoms with Crippen molar-refractivity contribution in [3.63, 3.8) is 0 Å². The van der Waals surface area contributed by atoms with Crippen LogP contribution in [0.1, 0.15) is 17.4 Å². The monoisotopic (exact) mass is 317 g/mol. The number of hydrogen-bond acceptors (Lipinski definition) is 5. The molecule has 0 radical (unpaired) electrons. The van der Waals surface area contributed by atoms with Crippen molar-refractivity contribution in [2.45, 2.75) is 6.10 Å². The Hall–Kier alpha value is -2.73. The van der Waals surface area contributed by atoms with E-state index in [-0.39, 0.29) is 12.5 Å². The first-order valence-corrected chi connectivity index (χ1v) is 7.03. The fourth-order valence-corrected chi connectivity index (χ4v) is 1.98. The molecule has 1 aromatic carbocycles. The molecule has 2 aromatic rings. The largest absolute Gasteiger partial charge is 0.493 e. The number of hydrogen-bond donors (Lipinski definition) is 2. The maximum absolute atomic E-state index is 11.7. The van der Waals surface area contributed by atoms with Crippen molar-refractivity contribution in [1.82, 2.24) is 5.32 Å². The van der Waals surface area contributed by atoms with E-state index >= 15 is 0 Å². The van der Waals surface area contributed by atoms with Crippen LogP contribution in [0.5, 0.6) is 11.5 Å². The van der Waals surface area contributed by atoms with Gasteiger partial charge in [0.05, 0.1) is 26.6 Å². The number of carbonyl (C=O) groups excluding carboxylic acids is 1. The Bertz CT molecular complexity index is 664. The van der Waals surface area contributed by atoms with E-state index in [0.717, 1.165) is 0 Å². The molecule has 23 heavy (non-hydrogen) atoms. The van der Waals surface area contributed by atoms with Gasteiger partial charge in [-0.1, -0.05) is 6.07 Å². The maximum Gasteiger partial charge on any atom is 0.244 e. The van der Waals surface area contributed by atoms with Crippen molar-refractivity contribution in [1.29, 1.82) is 0 Å². The topological polar surface area (TPSA) is 80.9 Å². The third-order valence-corrected chi connectivity index (χ3v) is 3.20. The first-order valence-electron chi connectivity index (χ1n) is 7.03. The zero-order valence-electron chi connectivity index (χ0n) is 13.0. The van der Waals surface area contributed by atoms with Gasteiger partial charge in [-0.05, 0) is 35.9 Å². The van der Waals surface area contributed by atoms with Gasteiger partial charge in [0, 0.05) is 12.6 Å². The molecule has 1 unspecified atom stereocenters. The average Bonchev–Trinajstić information content (AvgIpc) is 3.10. The highest BCUT2D eigenvalue weighted by molar-refractivity contribution is 5.91. The van der Waals surface area contributed by atoms with Crippen molar-refractivity contribution < 1.29 is 23.8 Å². The second kappa shape index (κ2) is 8.05. The Kier molecular flexibility index (Phi) is 5.82. The third kappa shape index (κ3) is 4.62. The van der Waals surface area contributed by atoms with E-state index in [1.54, 1.807) is 43.5 Å². The fraction of sp³-hybridized carbons (Fsp3) is 0.235. The van der Waals surface area contributed by atoms with Gasteiger partial charge in [0.15, 0.2) is 11.5 Å². The first-order chi connectivity index (χ1) is 11.1. The number of aliphatic hydroxyl groups excluding tert-OH is 1. The molecule has 0 saturated heterocycles. The summed E-state index contributed by atoms with van der Waals surface area (Å²) in [5.41, 5.74) is 0.623. The average molecular weight is 317 g/mol. The summed E-state index contributed by atoms with van der Waals surface area (Å²) in [4.78, 5) is 11.7. The molecule has 122 valence electrons. The quantitative estimate of drug-likeness (QED) is 0.765. The van der Waals surface area contributed by atoms with Gasteiger partial charge < -0.3 is 24.3 Å². The number of aliphatic hydroxyl groups is 1. The van der Waals surface area contributed by atoms with Crippen LogP contribution in [0.25, 0.3) is 6.08 Å². The molecule has 1 heterocycles. The van der Waals surface area contributed by atoms with Crippen LogP contribution < -0.4 is 14.8 Å². The molecular weight excluding hydrogens is 298 g/mol. The lowest BCUT2D eigenvalue weighted by atomic mass is 10.1. The van der Waals surface area contributed by atoms with E-state index in [4.69, 9.17) is 13.9 Å². The highest BCUT2D eigenvalue weighted by Crippen LogP contribution is 2.29. The van der Waals surface area contributed by atoms with Crippen molar-refractivity contribution in [2.24, 2.45) is 0 Å². The van der Waals surface area contributed by atoms with Crippen LogP contribution in [0.2, 0.25) is 0 Å². The molecule has 0 bridgehead atoms. The Morgan fingerprint density at radius 1 is 1.30 bits per heavy atom. The number of benzene rings is 1. The van der Waals surface area contributed by atoms with Crippen LogP contribution in [0.4, 0.5) is 0 Å². The van der Waals surface area contributed by atoms with Gasteiger partial charge in [-0.15, -0.1) is 0 Å². The number of amides is 1. The lowest BCUT2D eigenvalue weighted by Gasteiger charge is -2.14. The molecule has 2 rings (SSSR count). The minimum Gasteiger partial charge on any atom is -0.493 e. The van der Waals surface area contributed by atoms with Crippen LogP contribution >= 0.6 is 0 Å². The number of rotatable bonds is 7. The number of carbonyl (C=O) groups is 1. The van der Waals surface area contributed by atoms with E-state index in [1.807, 2.05) is 0 Å². The van der Waals surface area contributed by atoms with Crippen molar-refractivity contribution in [2.75, 3.05) is 20.8 Å². The van der Waals surface area contributed by atoms with Crippen molar-refractivity contribution in [3.8, 4) is 11.5 Å². The molecule has 0 aliphatic carbocycles. The zero-order chi connectivity index (χ0) is 16.7. The number of ether oxygens (including phenoxy) is 2. The minimum atomic E-state index is -0.851. The van der Waals surface area contributed by atoms with Gasteiger partial charge in [-0.2, -0.15) is 0 Å². The van der Waals surface area contributed by atoms with Gasteiger partial charge >= 0.3 is 0 Å². The van der Waals surface area contributed by atoms with Gasteiger partial charge in [0.2, 0.25) is 5.91 Å². The van der Waals surface area contributed by atoms with Crippen LogP contribution in [-0.4, -0.2) is 31.8 Å². The van der Waals surface area contributed by atoms with E-state index in [0.29, 0.717) is 22.8 Å². The molecule has 6 nitrogen and oxygen atoms in total. The molecule has 0 aliphatic rings. The third-order valence-electron chi connectivity index (χ3n) is 3.20. The molecule has 2 N–H and O–H groups in total. The van der Waals surface area contributed by atoms with Gasteiger partial charge in [-0.3, -0.25) is 4.79 Å². The molecule has 6 heteroatoms. The maximum atomic E-state index is 11.7. The molecular formula is C17H19NO5. The van der Waals surface area contributed by atoms with E-state index < -0.39 is 6.10 Å². The summed E-state index contributed by atoms with van der Waals surface area (Å²) in [7, 11) is 3.06. The number of methoxy groups -OCH3 is 2. The molecule has 0 spiro atoms. The van der Waals surface area contributed by atoms with Gasteiger partial charge in [-0.25, -0.2) is 0 Å². The SMILES string of the molecule is COc1ccc(C(O)CNC(=O)C=Cc2ccco2)cc1OC. The van der Waals surface area contributed by atoms with Crippen molar-refractivity contribution in [3.05, 3.63) is 54.0 Å². The van der Waals surface area contributed by atoms with Crippen molar-refractivity contribution >= 4 is 12.0 Å². The minimum absolute atomic E-state index is 0.0802. The Labute approximate surface area is 134 Å². The highest BCUT2D eigenvalue weighted by atomic mass is 16.5. The summed E-state index contributed by atoms with van der Waals surface area (Å²) in [5, 5.41) is 12.8. The number of nitrogens with one attached hydrogen (secondary N) is 1. The van der Waals surface area contributed by atoms with Crippen LogP contribution in [-0.2, 0) is 4.79 Å². The second-order valence-electron chi connectivity index (χ2n) is 4.72. The second-order valence-corrected chi connectivity index (χ2v) is 4.72. The summed E-state index contributed by atoms with van der Waals surface area (Å²) >= 11 is 0. The zero-order valence-corrected chi connectivity index (χ0v) is 13.0. The Balaban J connectivity index is 1.91. The predicted molar refractivity (Wildman–Crippen MR) is 85.3 cm³/mol. The molecule has 1 atom stereocenters. The van der Waals surface area contributed by atoms with Crippen LogP contribution in [0.3, 0.4) is 0 Å².